The van der Waals surface area contributed by atoms with Crippen LogP contribution in [0.4, 0.5) is 4.39 Å². The maximum Gasteiger partial charge on any atom is 0.270 e. The van der Waals surface area contributed by atoms with Gasteiger partial charge in [-0.15, -0.1) is 0 Å². The maximum atomic E-state index is 12.7. The van der Waals surface area contributed by atoms with Crippen LogP contribution in [0.1, 0.15) is 10.5 Å². The van der Waals surface area contributed by atoms with Crippen LogP contribution >= 0.6 is 11.6 Å². The molecule has 0 spiro atoms. The highest BCUT2D eigenvalue weighted by atomic mass is 35.5. The van der Waals surface area contributed by atoms with Gasteiger partial charge in [-0.1, -0.05) is 0 Å². The van der Waals surface area contributed by atoms with E-state index in [0.717, 1.165) is 5.56 Å². The first-order chi connectivity index (χ1) is 7.58. The van der Waals surface area contributed by atoms with Crippen molar-refractivity contribution in [2.45, 2.75) is 0 Å². The maximum absolute atomic E-state index is 12.7. The van der Waals surface area contributed by atoms with Gasteiger partial charge in [0.25, 0.3) is 5.24 Å². The minimum absolute atomic E-state index is 0.306. The molecule has 16 heavy (non-hydrogen) atoms. The Bertz CT molecular complexity index is 533. The number of aromatic nitrogens is 2. The number of hydrogen-bond donors (Lipinski definition) is 0. The molecule has 0 saturated heterocycles. The van der Waals surface area contributed by atoms with Gasteiger partial charge in [-0.25, -0.2) is 4.39 Å². The topological polar surface area (TPSA) is 34.9 Å². The first-order valence-electron chi connectivity index (χ1n) is 4.58. The van der Waals surface area contributed by atoms with Crippen molar-refractivity contribution >= 4 is 16.8 Å². The van der Waals surface area contributed by atoms with E-state index in [2.05, 4.69) is 5.10 Å². The van der Waals surface area contributed by atoms with Gasteiger partial charge in [0.2, 0.25) is 0 Å². The highest BCUT2D eigenvalue weighted by Crippen LogP contribution is 2.19. The Balaban J connectivity index is 2.45. The van der Waals surface area contributed by atoms with Gasteiger partial charge in [0, 0.05) is 12.6 Å². The number of carbonyl (C=O) groups excluding carboxylic acids is 1. The Morgan fingerprint density at radius 3 is 2.50 bits per heavy atom. The zero-order chi connectivity index (χ0) is 11.7. The summed E-state index contributed by atoms with van der Waals surface area (Å²) < 4.78 is 14.1. The monoisotopic (exact) mass is 238 g/mol. The van der Waals surface area contributed by atoms with Crippen LogP contribution in [0.3, 0.4) is 0 Å². The lowest BCUT2D eigenvalue weighted by Crippen LogP contribution is -2.00. The average molecular weight is 239 g/mol. The number of rotatable bonds is 2. The van der Waals surface area contributed by atoms with Gasteiger partial charge in [-0.2, -0.15) is 5.10 Å². The number of halogens is 2. The summed E-state index contributed by atoms with van der Waals surface area (Å²) in [6.45, 7) is 0. The Labute approximate surface area is 96.5 Å². The second kappa shape index (κ2) is 4.06. The molecule has 0 aliphatic heterocycles. The first kappa shape index (κ1) is 10.8. The molecule has 2 rings (SSSR count). The third-order valence-corrected chi connectivity index (χ3v) is 2.41. The van der Waals surface area contributed by atoms with E-state index < -0.39 is 5.24 Å². The number of hydrogen-bond acceptors (Lipinski definition) is 2. The van der Waals surface area contributed by atoms with Gasteiger partial charge in [-0.05, 0) is 41.9 Å². The fourth-order valence-electron chi connectivity index (χ4n) is 1.41. The van der Waals surface area contributed by atoms with Crippen molar-refractivity contribution in [3.05, 3.63) is 41.8 Å². The summed E-state index contributed by atoms with van der Waals surface area (Å²) in [7, 11) is 1.63. The van der Waals surface area contributed by atoms with Crippen molar-refractivity contribution in [3.8, 4) is 11.3 Å². The molecule has 0 aliphatic rings. The summed E-state index contributed by atoms with van der Waals surface area (Å²) in [5, 5.41) is 3.55. The van der Waals surface area contributed by atoms with Crippen LogP contribution < -0.4 is 0 Å². The standard InChI is InChI=1S/C11H8ClFN2O/c1-15-10(11(12)16)6-9(14-15)7-2-4-8(13)5-3-7/h2-6H,1H3. The second-order valence-electron chi connectivity index (χ2n) is 3.32. The van der Waals surface area contributed by atoms with E-state index in [0.29, 0.717) is 11.4 Å². The molecule has 1 aromatic carbocycles. The van der Waals surface area contributed by atoms with Crippen LogP contribution in [0.5, 0.6) is 0 Å². The van der Waals surface area contributed by atoms with Crippen molar-refractivity contribution in [3.63, 3.8) is 0 Å². The molecule has 1 heterocycles. The predicted molar refractivity (Wildman–Crippen MR) is 58.8 cm³/mol. The SMILES string of the molecule is Cn1nc(-c2ccc(F)cc2)cc1C(=O)Cl. The van der Waals surface area contributed by atoms with Gasteiger partial charge in [0.15, 0.2) is 0 Å². The number of aryl methyl sites for hydroxylation is 1. The van der Waals surface area contributed by atoms with Crippen LogP contribution in [0.2, 0.25) is 0 Å². The van der Waals surface area contributed by atoms with Gasteiger partial charge >= 0.3 is 0 Å². The molecule has 0 fully saturated rings. The molecule has 5 heteroatoms. The second-order valence-corrected chi connectivity index (χ2v) is 3.66. The molecule has 0 amide bonds. The molecule has 1 aromatic heterocycles. The summed E-state index contributed by atoms with van der Waals surface area (Å²) in [5.74, 6) is -0.312. The highest BCUT2D eigenvalue weighted by Gasteiger charge is 2.11. The normalized spacial score (nSPS) is 10.4. The molecule has 0 unspecified atom stereocenters. The zero-order valence-electron chi connectivity index (χ0n) is 8.45. The summed E-state index contributed by atoms with van der Waals surface area (Å²) >= 11 is 5.37. The third kappa shape index (κ3) is 1.97. The molecule has 0 saturated carbocycles. The van der Waals surface area contributed by atoms with E-state index in [1.165, 1.54) is 16.8 Å². The van der Waals surface area contributed by atoms with Crippen LogP contribution in [0.25, 0.3) is 11.3 Å². The smallest absolute Gasteiger partial charge is 0.270 e. The fraction of sp³-hybridized carbons (Fsp3) is 0.0909. The molecule has 3 nitrogen and oxygen atoms in total. The zero-order valence-corrected chi connectivity index (χ0v) is 9.20. The number of nitrogens with zero attached hydrogens (tertiary/aromatic N) is 2. The molecule has 0 atom stereocenters. The highest BCUT2D eigenvalue weighted by molar-refractivity contribution is 6.67. The van der Waals surface area contributed by atoms with Crippen molar-refractivity contribution < 1.29 is 9.18 Å². The number of benzene rings is 1. The largest absolute Gasteiger partial charge is 0.274 e. The summed E-state index contributed by atoms with van der Waals surface area (Å²) in [5.41, 5.74) is 1.63. The van der Waals surface area contributed by atoms with Crippen LogP contribution in [-0.2, 0) is 7.05 Å². The molecule has 0 bridgehead atoms. The van der Waals surface area contributed by atoms with E-state index in [9.17, 15) is 9.18 Å². The quantitative estimate of drug-likeness (QED) is 0.754. The molecule has 82 valence electrons. The van der Waals surface area contributed by atoms with Crippen LogP contribution in [-0.4, -0.2) is 15.0 Å². The van der Waals surface area contributed by atoms with E-state index >= 15 is 0 Å². The molecule has 0 N–H and O–H groups in total. The summed E-state index contributed by atoms with van der Waals surface area (Å²) in [6, 6.07) is 7.45. The first-order valence-corrected chi connectivity index (χ1v) is 4.95. The molecule has 0 aliphatic carbocycles. The fourth-order valence-corrected chi connectivity index (χ4v) is 1.59. The van der Waals surface area contributed by atoms with Crippen molar-refractivity contribution in [2.24, 2.45) is 7.05 Å². The van der Waals surface area contributed by atoms with Gasteiger partial charge in [0.1, 0.15) is 11.5 Å². The third-order valence-electron chi connectivity index (χ3n) is 2.22. The van der Waals surface area contributed by atoms with Crippen LogP contribution in [0, 0.1) is 5.82 Å². The minimum Gasteiger partial charge on any atom is -0.274 e. The van der Waals surface area contributed by atoms with Crippen molar-refractivity contribution in [2.75, 3.05) is 0 Å². The van der Waals surface area contributed by atoms with E-state index in [-0.39, 0.29) is 5.82 Å². The molecular formula is C11H8ClFN2O. The van der Waals surface area contributed by atoms with Gasteiger partial charge in [-0.3, -0.25) is 9.48 Å². The molecular weight excluding hydrogens is 231 g/mol. The van der Waals surface area contributed by atoms with E-state index in [1.54, 1.807) is 25.2 Å². The van der Waals surface area contributed by atoms with E-state index in [1.807, 2.05) is 0 Å². The minimum atomic E-state index is -0.566. The van der Waals surface area contributed by atoms with Crippen molar-refractivity contribution in [1.82, 2.24) is 9.78 Å². The average Bonchev–Trinajstić information content (AvgIpc) is 2.61. The summed E-state index contributed by atoms with van der Waals surface area (Å²) in [4.78, 5) is 11.0. The predicted octanol–water partition coefficient (Wildman–Crippen LogP) is 2.61. The lowest BCUT2D eigenvalue weighted by Gasteiger charge is -1.95. The van der Waals surface area contributed by atoms with Gasteiger partial charge < -0.3 is 0 Å². The molecule has 2 aromatic rings. The lowest BCUT2D eigenvalue weighted by molar-refractivity contribution is 0.107. The van der Waals surface area contributed by atoms with Crippen molar-refractivity contribution in [1.29, 1.82) is 0 Å². The Hall–Kier alpha value is -1.68. The molecule has 0 radical (unpaired) electrons. The van der Waals surface area contributed by atoms with Crippen LogP contribution in [0.15, 0.2) is 30.3 Å². The lowest BCUT2D eigenvalue weighted by atomic mass is 10.1. The Kier molecular flexibility index (Phi) is 2.75. The van der Waals surface area contributed by atoms with E-state index in [4.69, 9.17) is 11.6 Å². The summed E-state index contributed by atoms with van der Waals surface area (Å²) in [6.07, 6.45) is 0. The Morgan fingerprint density at radius 2 is 2.00 bits per heavy atom. The Morgan fingerprint density at radius 1 is 1.38 bits per heavy atom. The number of carbonyl (C=O) groups is 1. The van der Waals surface area contributed by atoms with Gasteiger partial charge in [0.05, 0.1) is 5.69 Å².